The predicted octanol–water partition coefficient (Wildman–Crippen LogP) is 10.7. The van der Waals surface area contributed by atoms with Gasteiger partial charge >= 0.3 is 5.97 Å². The van der Waals surface area contributed by atoms with E-state index in [0.717, 1.165) is 46.4 Å². The maximum atomic E-state index is 13.7. The molecule has 2 aliphatic rings. The summed E-state index contributed by atoms with van der Waals surface area (Å²) in [5.74, 6) is -1.07. The third-order valence-corrected chi connectivity index (χ3v) is 10.6. The summed E-state index contributed by atoms with van der Waals surface area (Å²) < 4.78 is 2.01. The van der Waals surface area contributed by atoms with Crippen molar-refractivity contribution in [2.24, 2.45) is 0 Å². The molecule has 0 aromatic heterocycles. The molecule has 3 aromatic carbocycles. The van der Waals surface area contributed by atoms with Gasteiger partial charge in [0.25, 0.3) is 0 Å². The van der Waals surface area contributed by atoms with Crippen molar-refractivity contribution in [1.82, 2.24) is 0 Å². The average Bonchev–Trinajstić information content (AvgIpc) is 3.33. The summed E-state index contributed by atoms with van der Waals surface area (Å²) in [6.07, 6.45) is 17.0. The first-order valence-corrected chi connectivity index (χ1v) is 19.1. The monoisotopic (exact) mass is 677 g/mol. The number of benzene rings is 3. The van der Waals surface area contributed by atoms with Crippen molar-refractivity contribution in [2.45, 2.75) is 117 Å². The van der Waals surface area contributed by atoms with Crippen LogP contribution in [0.4, 0.5) is 11.4 Å². The number of allylic oxidation sites excluding steroid dienone is 3. The Bertz CT molecular complexity index is 1750. The Balaban J connectivity index is 1.37. The fourth-order valence-electron chi connectivity index (χ4n) is 7.78. The second-order valence-corrected chi connectivity index (χ2v) is 14.7. The largest absolute Gasteiger partial charge is 0.506 e. The van der Waals surface area contributed by atoms with Crippen molar-refractivity contribution in [1.29, 1.82) is 0 Å². The van der Waals surface area contributed by atoms with Gasteiger partial charge in [-0.05, 0) is 61.2 Å². The lowest BCUT2D eigenvalue weighted by Gasteiger charge is -2.26. The van der Waals surface area contributed by atoms with Gasteiger partial charge in [-0.1, -0.05) is 114 Å². The smallest absolute Gasteiger partial charge is 0.309 e. The van der Waals surface area contributed by atoms with Crippen LogP contribution in [0.2, 0.25) is 0 Å². The minimum atomic E-state index is -0.880. The van der Waals surface area contributed by atoms with Gasteiger partial charge in [-0.3, -0.25) is 9.59 Å². The summed E-state index contributed by atoms with van der Waals surface area (Å²) in [7, 11) is 0. The lowest BCUT2D eigenvalue weighted by molar-refractivity contribution is -0.436. The molecule has 50 heavy (non-hydrogen) atoms. The molecular formula is C44H57N2O4+. The first-order valence-electron chi connectivity index (χ1n) is 19.1. The molecule has 6 heteroatoms. The number of unbranched alkanes of at least 4 members (excludes halogenated alkanes) is 10. The number of carbonyl (C=O) groups excluding carboxylic acids is 1. The molecule has 0 spiro atoms. The van der Waals surface area contributed by atoms with Crippen LogP contribution in [0.15, 0.2) is 78.1 Å². The third-order valence-electron chi connectivity index (χ3n) is 10.6. The van der Waals surface area contributed by atoms with Gasteiger partial charge in [0.2, 0.25) is 11.5 Å². The number of hydrogen-bond donors (Lipinski definition) is 2. The van der Waals surface area contributed by atoms with Gasteiger partial charge in [0.15, 0.2) is 12.3 Å². The molecule has 0 unspecified atom stereocenters. The highest BCUT2D eigenvalue weighted by Gasteiger charge is 2.47. The summed E-state index contributed by atoms with van der Waals surface area (Å²) in [6, 6.07) is 20.4. The van der Waals surface area contributed by atoms with Crippen LogP contribution >= 0.6 is 0 Å². The summed E-state index contributed by atoms with van der Waals surface area (Å²) in [4.78, 5) is 27.9. The molecule has 266 valence electrons. The van der Waals surface area contributed by atoms with E-state index in [2.05, 4.69) is 62.9 Å². The van der Waals surface area contributed by atoms with Gasteiger partial charge in [0.05, 0.1) is 16.6 Å². The van der Waals surface area contributed by atoms with E-state index in [-0.39, 0.29) is 30.1 Å². The lowest BCUT2D eigenvalue weighted by atomic mass is 9.76. The molecule has 0 saturated carbocycles. The number of Topliss-reactive ketones (excluding diaryl/α,β-unsaturated/α-hetero) is 1. The summed E-state index contributed by atoms with van der Waals surface area (Å²) in [5.41, 5.74) is 4.85. The van der Waals surface area contributed by atoms with Crippen LogP contribution < -0.4 is 4.90 Å². The Morgan fingerprint density at radius 1 is 0.800 bits per heavy atom. The van der Waals surface area contributed by atoms with Gasteiger partial charge in [0, 0.05) is 36.5 Å². The first-order chi connectivity index (χ1) is 24.2. The summed E-state index contributed by atoms with van der Waals surface area (Å²) >= 11 is 0. The number of rotatable bonds is 20. The molecule has 3 aromatic rings. The van der Waals surface area contributed by atoms with E-state index in [9.17, 15) is 19.8 Å². The highest BCUT2D eigenvalue weighted by Crippen LogP contribution is 2.46. The van der Waals surface area contributed by atoms with Gasteiger partial charge in [-0.15, -0.1) is 0 Å². The van der Waals surface area contributed by atoms with Gasteiger partial charge < -0.3 is 15.1 Å². The fraction of sp³-hybridized carbons (Fsp3) is 0.477. The van der Waals surface area contributed by atoms with E-state index in [1.165, 1.54) is 82.7 Å². The zero-order chi connectivity index (χ0) is 35.7. The average molecular weight is 678 g/mol. The van der Waals surface area contributed by atoms with Gasteiger partial charge in [0.1, 0.15) is 12.2 Å². The number of nitrogens with zero attached hydrogens (tertiary/aromatic N) is 2. The van der Waals surface area contributed by atoms with E-state index >= 15 is 0 Å². The molecule has 5 rings (SSSR count). The summed E-state index contributed by atoms with van der Waals surface area (Å²) in [6.45, 7) is 11.1. The van der Waals surface area contributed by atoms with Gasteiger partial charge in [-0.2, -0.15) is 4.58 Å². The second-order valence-electron chi connectivity index (χ2n) is 14.7. The quantitative estimate of drug-likeness (QED) is 0.0707. The van der Waals surface area contributed by atoms with E-state index in [0.29, 0.717) is 5.57 Å². The van der Waals surface area contributed by atoms with E-state index in [4.69, 9.17) is 0 Å². The van der Waals surface area contributed by atoms with Crippen molar-refractivity contribution in [3.05, 3.63) is 89.2 Å². The number of carboxylic acids is 1. The van der Waals surface area contributed by atoms with Crippen LogP contribution in [0.1, 0.15) is 122 Å². The maximum absolute atomic E-state index is 13.7. The highest BCUT2D eigenvalue weighted by molar-refractivity contribution is 6.40. The van der Waals surface area contributed by atoms with Crippen LogP contribution in [-0.2, 0) is 15.0 Å². The zero-order valence-electron chi connectivity index (χ0n) is 30.8. The molecule has 6 nitrogen and oxygen atoms in total. The molecule has 1 aliphatic heterocycles. The van der Waals surface area contributed by atoms with E-state index < -0.39 is 11.4 Å². The number of ketones is 1. The van der Waals surface area contributed by atoms with Crippen molar-refractivity contribution in [2.75, 3.05) is 24.5 Å². The van der Waals surface area contributed by atoms with Crippen LogP contribution in [-0.4, -0.2) is 51.9 Å². The Morgan fingerprint density at radius 3 is 2.00 bits per heavy atom. The molecule has 0 fully saturated rings. The molecule has 1 aliphatic carbocycles. The van der Waals surface area contributed by atoms with Crippen LogP contribution in [0.3, 0.4) is 0 Å². The third kappa shape index (κ3) is 8.22. The standard InChI is InChI=1S/C44H56N2O4/c1-5-7-9-11-13-17-28-45(29-18-14-12-10-8-6-2)34-24-21-33(22-25-34)40-42(49)36(43(40)50)31-38-44(3,4)41-35-20-16-15-19-32(35)23-26-37(41)46(38)30-27-39(47)48/h15-16,19-26,31H,5-14,17-18,27-30H2,1-4H3,(H-,47,48,49,50)/p+1. The van der Waals surface area contributed by atoms with E-state index in [1.54, 1.807) is 6.08 Å². The maximum Gasteiger partial charge on any atom is 0.309 e. The molecule has 0 radical (unpaired) electrons. The topological polar surface area (TPSA) is 80.8 Å². The number of fused-ring (bicyclic) bond motifs is 3. The fourth-order valence-corrected chi connectivity index (χ4v) is 7.78. The number of anilines is 1. The number of carbonyl (C=O) groups is 2. The molecule has 0 amide bonds. The Kier molecular flexibility index (Phi) is 12.7. The molecule has 0 bridgehead atoms. The number of hydrogen-bond acceptors (Lipinski definition) is 4. The lowest BCUT2D eigenvalue weighted by Crippen LogP contribution is -2.31. The minimum Gasteiger partial charge on any atom is -0.506 e. The normalized spacial score (nSPS) is 16.0. The number of carboxylic acid groups (broad SMARTS) is 1. The first kappa shape index (κ1) is 37.1. The Labute approximate surface area is 299 Å². The predicted molar refractivity (Wildman–Crippen MR) is 207 cm³/mol. The molecule has 1 heterocycles. The van der Waals surface area contributed by atoms with Crippen molar-refractivity contribution in [3.63, 3.8) is 0 Å². The molecule has 0 saturated heterocycles. The summed E-state index contributed by atoms with van der Waals surface area (Å²) in [5, 5.41) is 23.1. The second kappa shape index (κ2) is 17.2. The van der Waals surface area contributed by atoms with Crippen molar-refractivity contribution in [3.8, 4) is 0 Å². The van der Waals surface area contributed by atoms with Gasteiger partial charge in [-0.25, -0.2) is 0 Å². The molecule has 0 atom stereocenters. The number of aliphatic carboxylic acids is 1. The number of aliphatic hydroxyl groups excluding tert-OH is 1. The van der Waals surface area contributed by atoms with Crippen molar-refractivity contribution < 1.29 is 24.4 Å². The SMILES string of the molecule is CCCCCCCCN(CCCCCCCC)c1ccc(C2=C(O)C(=CC3=[N+](CCC(=O)O)c4ccc5ccccc5c4C3(C)C)C2=O)cc1. The van der Waals surface area contributed by atoms with Crippen LogP contribution in [0.5, 0.6) is 0 Å². The minimum absolute atomic E-state index is 0.000985. The molecular weight excluding hydrogens is 620 g/mol. The Hall–Kier alpha value is -4.19. The number of aliphatic hydroxyl groups is 1. The van der Waals surface area contributed by atoms with E-state index in [1.807, 2.05) is 34.9 Å². The van der Waals surface area contributed by atoms with Crippen molar-refractivity contribution >= 4 is 45.2 Å². The van der Waals surface area contributed by atoms with Crippen LogP contribution in [0, 0.1) is 0 Å². The zero-order valence-corrected chi connectivity index (χ0v) is 30.8. The Morgan fingerprint density at radius 2 is 1.40 bits per heavy atom. The highest BCUT2D eigenvalue weighted by atomic mass is 16.4. The van der Waals surface area contributed by atoms with Crippen LogP contribution in [0.25, 0.3) is 16.3 Å². The molecule has 2 N–H and O–H groups in total.